The van der Waals surface area contributed by atoms with E-state index in [0.29, 0.717) is 0 Å². The molecule has 0 fully saturated rings. The lowest BCUT2D eigenvalue weighted by Crippen LogP contribution is -2.43. The predicted octanol–water partition coefficient (Wildman–Crippen LogP) is 3.28. The summed E-state index contributed by atoms with van der Waals surface area (Å²) >= 11 is 0. The molecule has 0 saturated heterocycles. The molecule has 0 spiro atoms. The molecule has 0 saturated carbocycles. The second kappa shape index (κ2) is 15.6. The minimum atomic E-state index is -2.39. The first kappa shape index (κ1) is 21.7. The van der Waals surface area contributed by atoms with Gasteiger partial charge in [0.2, 0.25) is 0 Å². The molecule has 0 atom stereocenters. The number of nitrogens with zero attached hydrogens (tertiary/aromatic N) is 1. The van der Waals surface area contributed by atoms with Crippen molar-refractivity contribution in [2.75, 3.05) is 41.0 Å². The van der Waals surface area contributed by atoms with Crippen LogP contribution in [0.15, 0.2) is 4.99 Å². The summed E-state index contributed by atoms with van der Waals surface area (Å²) in [6.07, 6.45) is 10.8. The lowest BCUT2D eigenvalue weighted by Gasteiger charge is -2.24. The number of hydrogen-bond donors (Lipinski definition) is 1. The highest BCUT2D eigenvalue weighted by molar-refractivity contribution is 6.60. The van der Waals surface area contributed by atoms with E-state index in [9.17, 15) is 0 Å². The van der Waals surface area contributed by atoms with Crippen LogP contribution in [-0.4, -0.2) is 56.0 Å². The Balaban J connectivity index is 3.39. The Morgan fingerprint density at radius 1 is 0.909 bits per heavy atom. The lowest BCUT2D eigenvalue weighted by atomic mass is 10.1. The highest BCUT2D eigenvalue weighted by Crippen LogP contribution is 2.14. The van der Waals surface area contributed by atoms with Gasteiger partial charge in [0.15, 0.2) is 0 Å². The van der Waals surface area contributed by atoms with E-state index in [1.807, 2.05) is 0 Å². The molecule has 0 bridgehead atoms. The van der Waals surface area contributed by atoms with Crippen molar-refractivity contribution in [3.8, 4) is 0 Å². The van der Waals surface area contributed by atoms with Crippen LogP contribution >= 0.6 is 0 Å². The zero-order valence-electron chi connectivity index (χ0n) is 15.0. The zero-order valence-corrected chi connectivity index (χ0v) is 16.0. The molecule has 0 aliphatic rings. The summed E-state index contributed by atoms with van der Waals surface area (Å²) in [6.45, 7) is 4.97. The molecule has 0 heterocycles. The number of unbranched alkanes of at least 4 members (excludes halogenated alkanes) is 5. The molecule has 132 valence electrons. The second-order valence-electron chi connectivity index (χ2n) is 5.44. The lowest BCUT2D eigenvalue weighted by molar-refractivity contribution is 0.123. The molecule has 1 N–H and O–H groups in total. The third-order valence-electron chi connectivity index (χ3n) is 3.75. The molecular formula is C16H36N2O3Si. The SMILES string of the molecule is CCCCCCCC=NCCNCCC[Si](OC)(OC)OC. The van der Waals surface area contributed by atoms with E-state index in [1.165, 1.54) is 32.1 Å². The van der Waals surface area contributed by atoms with Crippen molar-refractivity contribution in [2.24, 2.45) is 4.99 Å². The van der Waals surface area contributed by atoms with Gasteiger partial charge in [-0.3, -0.25) is 4.99 Å². The van der Waals surface area contributed by atoms with E-state index in [1.54, 1.807) is 21.3 Å². The number of nitrogens with one attached hydrogen (secondary N) is 1. The quantitative estimate of drug-likeness (QED) is 0.268. The summed E-state index contributed by atoms with van der Waals surface area (Å²) in [6, 6.07) is 0.838. The highest BCUT2D eigenvalue weighted by atomic mass is 28.4. The smallest absolute Gasteiger partial charge is 0.377 e. The Morgan fingerprint density at radius 3 is 2.23 bits per heavy atom. The maximum Gasteiger partial charge on any atom is 0.500 e. The van der Waals surface area contributed by atoms with E-state index in [-0.39, 0.29) is 0 Å². The summed E-state index contributed by atoms with van der Waals surface area (Å²) in [7, 11) is 2.58. The van der Waals surface area contributed by atoms with Crippen molar-refractivity contribution in [2.45, 2.75) is 57.9 Å². The Morgan fingerprint density at radius 2 is 1.59 bits per heavy atom. The molecule has 0 aliphatic carbocycles. The van der Waals surface area contributed by atoms with E-state index >= 15 is 0 Å². The van der Waals surface area contributed by atoms with E-state index in [4.69, 9.17) is 13.3 Å². The van der Waals surface area contributed by atoms with Gasteiger partial charge >= 0.3 is 8.80 Å². The molecule has 0 radical (unpaired) electrons. The maximum atomic E-state index is 5.39. The molecule has 0 aliphatic heterocycles. The van der Waals surface area contributed by atoms with Gasteiger partial charge in [-0.1, -0.05) is 32.6 Å². The highest BCUT2D eigenvalue weighted by Gasteiger charge is 2.36. The minimum absolute atomic E-state index is 0.838. The van der Waals surface area contributed by atoms with Crippen molar-refractivity contribution >= 4 is 15.0 Å². The standard InChI is InChI=1S/C16H36N2O3Si/c1-5-6-7-8-9-10-12-17-14-15-18-13-11-16-22(19-2,20-3)21-4/h12,18H,5-11,13-16H2,1-4H3. The van der Waals surface area contributed by atoms with Gasteiger partial charge in [0.25, 0.3) is 0 Å². The first-order valence-corrected chi connectivity index (χ1v) is 10.5. The van der Waals surface area contributed by atoms with Crippen LogP contribution in [-0.2, 0) is 13.3 Å². The van der Waals surface area contributed by atoms with E-state index < -0.39 is 8.80 Å². The topological polar surface area (TPSA) is 52.1 Å². The summed E-state index contributed by atoms with van der Waals surface area (Å²) in [5.41, 5.74) is 0. The van der Waals surface area contributed by atoms with Gasteiger partial charge in [0, 0.05) is 33.9 Å². The summed E-state index contributed by atoms with van der Waals surface area (Å²) in [5.74, 6) is 0. The third-order valence-corrected chi connectivity index (χ3v) is 6.59. The van der Waals surface area contributed by atoms with Crippen LogP contribution in [0.25, 0.3) is 0 Å². The minimum Gasteiger partial charge on any atom is -0.377 e. The number of aliphatic imine (C=N–C) groups is 1. The number of hydrogen-bond acceptors (Lipinski definition) is 5. The molecule has 0 rings (SSSR count). The van der Waals surface area contributed by atoms with Crippen molar-refractivity contribution < 1.29 is 13.3 Å². The van der Waals surface area contributed by atoms with Crippen LogP contribution in [0.3, 0.4) is 0 Å². The van der Waals surface area contributed by atoms with Gasteiger partial charge < -0.3 is 18.6 Å². The van der Waals surface area contributed by atoms with Crippen LogP contribution < -0.4 is 5.32 Å². The molecule has 5 nitrogen and oxygen atoms in total. The molecular weight excluding hydrogens is 296 g/mol. The van der Waals surface area contributed by atoms with Crippen molar-refractivity contribution in [1.82, 2.24) is 5.32 Å². The van der Waals surface area contributed by atoms with Crippen molar-refractivity contribution in [3.05, 3.63) is 0 Å². The Hall–Kier alpha value is -0.273. The van der Waals surface area contributed by atoms with Crippen LogP contribution in [0.1, 0.15) is 51.9 Å². The fraction of sp³-hybridized carbons (Fsp3) is 0.938. The van der Waals surface area contributed by atoms with Gasteiger partial charge in [-0.25, -0.2) is 0 Å². The van der Waals surface area contributed by atoms with Gasteiger partial charge in [-0.15, -0.1) is 0 Å². The Bertz CT molecular complexity index is 254. The van der Waals surface area contributed by atoms with Gasteiger partial charge in [-0.05, 0) is 32.0 Å². The van der Waals surface area contributed by atoms with Crippen molar-refractivity contribution in [3.63, 3.8) is 0 Å². The largest absolute Gasteiger partial charge is 0.500 e. The zero-order chi connectivity index (χ0) is 16.5. The van der Waals surface area contributed by atoms with E-state index in [2.05, 4.69) is 23.4 Å². The second-order valence-corrected chi connectivity index (χ2v) is 8.53. The Labute approximate surface area is 138 Å². The van der Waals surface area contributed by atoms with Gasteiger partial charge in [0.1, 0.15) is 0 Å². The molecule has 0 aromatic rings. The Kier molecular flexibility index (Phi) is 15.4. The van der Waals surface area contributed by atoms with Crippen LogP contribution in [0.5, 0.6) is 0 Å². The summed E-state index contributed by atoms with van der Waals surface area (Å²) < 4.78 is 16.2. The van der Waals surface area contributed by atoms with Crippen LogP contribution in [0.2, 0.25) is 6.04 Å². The van der Waals surface area contributed by atoms with Crippen LogP contribution in [0, 0.1) is 0 Å². The predicted molar refractivity (Wildman–Crippen MR) is 95.8 cm³/mol. The first-order valence-electron chi connectivity index (χ1n) is 8.59. The molecule has 0 amide bonds. The summed E-state index contributed by atoms with van der Waals surface area (Å²) in [5, 5.41) is 3.39. The molecule has 22 heavy (non-hydrogen) atoms. The normalized spacial score (nSPS) is 12.4. The average molecular weight is 333 g/mol. The summed E-state index contributed by atoms with van der Waals surface area (Å²) in [4.78, 5) is 4.43. The monoisotopic (exact) mass is 332 g/mol. The average Bonchev–Trinajstić information content (AvgIpc) is 2.56. The van der Waals surface area contributed by atoms with Crippen LogP contribution in [0.4, 0.5) is 0 Å². The molecule has 0 aromatic carbocycles. The molecule has 6 heteroatoms. The first-order chi connectivity index (χ1) is 10.7. The maximum absolute atomic E-state index is 5.39. The fourth-order valence-electron chi connectivity index (χ4n) is 2.28. The van der Waals surface area contributed by atoms with E-state index in [0.717, 1.165) is 38.5 Å². The number of rotatable bonds is 16. The third kappa shape index (κ3) is 11.3. The molecule has 0 aromatic heterocycles. The molecule has 0 unspecified atom stereocenters. The van der Waals surface area contributed by atoms with Gasteiger partial charge in [-0.2, -0.15) is 0 Å². The van der Waals surface area contributed by atoms with Crippen molar-refractivity contribution in [1.29, 1.82) is 0 Å². The fourth-order valence-corrected chi connectivity index (χ4v) is 4.00. The van der Waals surface area contributed by atoms with Gasteiger partial charge in [0.05, 0.1) is 6.54 Å².